The summed E-state index contributed by atoms with van der Waals surface area (Å²) in [5.74, 6) is -0.811. The molecular weight excluding hydrogens is 294 g/mol. The van der Waals surface area contributed by atoms with Gasteiger partial charge in [0, 0.05) is 11.8 Å². The van der Waals surface area contributed by atoms with Crippen LogP contribution < -0.4 is 0 Å². The average molecular weight is 307 g/mol. The van der Waals surface area contributed by atoms with Crippen molar-refractivity contribution in [3.8, 4) is 5.82 Å². The van der Waals surface area contributed by atoms with Crippen LogP contribution >= 0.6 is 0 Å². The van der Waals surface area contributed by atoms with Crippen LogP contribution in [0.25, 0.3) is 16.7 Å². The molecule has 0 fully saturated rings. The highest BCUT2D eigenvalue weighted by atomic mass is 16.4. The minimum absolute atomic E-state index is 0.157. The second-order valence-corrected chi connectivity index (χ2v) is 5.53. The number of hydrogen-bond donors (Lipinski definition) is 1. The molecule has 0 aliphatic heterocycles. The van der Waals surface area contributed by atoms with Gasteiger partial charge in [0.1, 0.15) is 0 Å². The summed E-state index contributed by atoms with van der Waals surface area (Å²) in [6.07, 6.45) is 1.68. The first kappa shape index (κ1) is 13.6. The number of carboxylic acid groups (broad SMARTS) is 1. The fourth-order valence-electron chi connectivity index (χ4n) is 3.03. The van der Waals surface area contributed by atoms with E-state index < -0.39 is 5.97 Å². The maximum absolute atomic E-state index is 12.1. The van der Waals surface area contributed by atoms with E-state index in [0.717, 1.165) is 10.9 Å². The predicted molar refractivity (Wildman–Crippen MR) is 83.1 cm³/mol. The Bertz CT molecular complexity index is 959. The number of nitrogens with zero attached hydrogens (tertiary/aromatic N) is 3. The summed E-state index contributed by atoms with van der Waals surface area (Å²) in [5.41, 5.74) is 1.49. The molecule has 0 amide bonds. The first-order valence-electron chi connectivity index (χ1n) is 7.40. The van der Waals surface area contributed by atoms with E-state index in [0.29, 0.717) is 30.8 Å². The molecule has 6 nitrogen and oxygen atoms in total. The van der Waals surface area contributed by atoms with Gasteiger partial charge < -0.3 is 5.11 Å². The fraction of sp³-hybridized carbons (Fsp3) is 0.176. The average Bonchev–Trinajstić information content (AvgIpc) is 2.96. The van der Waals surface area contributed by atoms with Crippen LogP contribution in [-0.4, -0.2) is 31.6 Å². The fourth-order valence-corrected chi connectivity index (χ4v) is 3.03. The predicted octanol–water partition coefficient (Wildman–Crippen LogP) is 2.64. The van der Waals surface area contributed by atoms with E-state index in [-0.39, 0.29) is 17.0 Å². The number of rotatable bonds is 2. The molecule has 1 aliphatic rings. The molecule has 0 atom stereocenters. The summed E-state index contributed by atoms with van der Waals surface area (Å²) in [6, 6.07) is 11.4. The second kappa shape index (κ2) is 5.01. The molecule has 0 saturated heterocycles. The van der Waals surface area contributed by atoms with Crippen molar-refractivity contribution < 1.29 is 14.7 Å². The van der Waals surface area contributed by atoms with E-state index >= 15 is 0 Å². The van der Waals surface area contributed by atoms with Crippen molar-refractivity contribution >= 4 is 22.7 Å². The number of pyridine rings is 1. The molecule has 6 heteroatoms. The lowest BCUT2D eigenvalue weighted by molar-refractivity contribution is 0.0684. The van der Waals surface area contributed by atoms with Crippen LogP contribution in [0.4, 0.5) is 0 Å². The molecule has 23 heavy (non-hydrogen) atoms. The highest BCUT2D eigenvalue weighted by molar-refractivity contribution is 6.06. The van der Waals surface area contributed by atoms with Crippen molar-refractivity contribution in [3.63, 3.8) is 0 Å². The maximum atomic E-state index is 12.1. The monoisotopic (exact) mass is 307 g/mol. The first-order chi connectivity index (χ1) is 11.1. The Balaban J connectivity index is 1.95. The summed E-state index contributed by atoms with van der Waals surface area (Å²) >= 11 is 0. The number of ketones is 1. The number of benzene rings is 1. The van der Waals surface area contributed by atoms with Crippen LogP contribution in [0.5, 0.6) is 0 Å². The third-order valence-electron chi connectivity index (χ3n) is 4.08. The molecule has 0 bridgehead atoms. The summed E-state index contributed by atoms with van der Waals surface area (Å²) in [4.78, 5) is 28.1. The Morgan fingerprint density at radius 2 is 1.96 bits per heavy atom. The number of Topliss-reactive ketones (excluding diaryl/α,β-unsaturated/α-hetero) is 1. The van der Waals surface area contributed by atoms with E-state index in [1.54, 1.807) is 6.07 Å². The van der Waals surface area contributed by atoms with Crippen molar-refractivity contribution in [1.82, 2.24) is 14.8 Å². The van der Waals surface area contributed by atoms with E-state index in [4.69, 9.17) is 0 Å². The van der Waals surface area contributed by atoms with Crippen molar-refractivity contribution in [2.45, 2.75) is 19.3 Å². The SMILES string of the molecule is O=C(O)c1nn(-c2ccc3ccccc3n2)c2c1C(=O)CCC2. The second-order valence-electron chi connectivity index (χ2n) is 5.53. The Morgan fingerprint density at radius 3 is 2.78 bits per heavy atom. The molecule has 2 aromatic heterocycles. The molecule has 1 aliphatic carbocycles. The van der Waals surface area contributed by atoms with Gasteiger partial charge in [-0.2, -0.15) is 5.10 Å². The molecule has 1 aromatic carbocycles. The van der Waals surface area contributed by atoms with Gasteiger partial charge in [-0.15, -0.1) is 0 Å². The summed E-state index contributed by atoms with van der Waals surface area (Å²) in [6.45, 7) is 0. The topological polar surface area (TPSA) is 85.1 Å². The van der Waals surface area contributed by atoms with E-state index in [2.05, 4.69) is 10.1 Å². The standard InChI is InChI=1S/C17H13N3O3/c21-13-7-3-6-12-15(13)16(17(22)23)19-20(12)14-9-8-10-4-1-2-5-11(10)18-14/h1-2,4-5,8-9H,3,6-7H2,(H,22,23). The van der Waals surface area contributed by atoms with Crippen molar-refractivity contribution in [2.75, 3.05) is 0 Å². The normalized spacial score (nSPS) is 14.0. The molecular formula is C17H13N3O3. The maximum Gasteiger partial charge on any atom is 0.357 e. The zero-order valence-corrected chi connectivity index (χ0v) is 12.2. The van der Waals surface area contributed by atoms with Gasteiger partial charge >= 0.3 is 5.97 Å². The highest BCUT2D eigenvalue weighted by Crippen LogP contribution is 2.27. The lowest BCUT2D eigenvalue weighted by atomic mass is 9.94. The van der Waals surface area contributed by atoms with Gasteiger partial charge in [0.05, 0.1) is 16.8 Å². The minimum atomic E-state index is -1.18. The number of para-hydroxylation sites is 1. The number of hydrogen-bond acceptors (Lipinski definition) is 4. The highest BCUT2D eigenvalue weighted by Gasteiger charge is 2.30. The van der Waals surface area contributed by atoms with Gasteiger partial charge in [-0.1, -0.05) is 18.2 Å². The largest absolute Gasteiger partial charge is 0.476 e. The van der Waals surface area contributed by atoms with Crippen molar-refractivity contribution in [3.05, 3.63) is 53.3 Å². The number of carbonyl (C=O) groups excluding carboxylic acids is 1. The zero-order valence-electron chi connectivity index (χ0n) is 12.2. The molecule has 0 unspecified atom stereocenters. The summed E-state index contributed by atoms with van der Waals surface area (Å²) in [7, 11) is 0. The number of aromatic carboxylic acids is 1. The number of carbonyl (C=O) groups is 2. The van der Waals surface area contributed by atoms with Crippen LogP contribution in [0.2, 0.25) is 0 Å². The van der Waals surface area contributed by atoms with E-state index in [1.165, 1.54) is 4.68 Å². The van der Waals surface area contributed by atoms with Gasteiger partial charge in [-0.25, -0.2) is 14.5 Å². The summed E-state index contributed by atoms with van der Waals surface area (Å²) in [5, 5.41) is 14.5. The number of carboxylic acids is 1. The Morgan fingerprint density at radius 1 is 1.13 bits per heavy atom. The van der Waals surface area contributed by atoms with Crippen LogP contribution in [0, 0.1) is 0 Å². The van der Waals surface area contributed by atoms with Crippen LogP contribution in [0.1, 0.15) is 39.4 Å². The third kappa shape index (κ3) is 2.11. The molecule has 0 saturated carbocycles. The van der Waals surface area contributed by atoms with Crippen LogP contribution in [0.15, 0.2) is 36.4 Å². The Kier molecular flexibility index (Phi) is 2.97. The lowest BCUT2D eigenvalue weighted by Gasteiger charge is -2.13. The van der Waals surface area contributed by atoms with E-state index in [1.807, 2.05) is 30.3 Å². The molecule has 0 radical (unpaired) electrons. The first-order valence-corrected chi connectivity index (χ1v) is 7.40. The number of aromatic nitrogens is 3. The zero-order chi connectivity index (χ0) is 16.0. The van der Waals surface area contributed by atoms with Crippen LogP contribution in [0.3, 0.4) is 0 Å². The van der Waals surface area contributed by atoms with Gasteiger partial charge in [0.25, 0.3) is 0 Å². The summed E-state index contributed by atoms with van der Waals surface area (Å²) < 4.78 is 1.50. The van der Waals surface area contributed by atoms with Gasteiger partial charge in [-0.05, 0) is 31.0 Å². The lowest BCUT2D eigenvalue weighted by Crippen LogP contribution is -2.15. The van der Waals surface area contributed by atoms with Crippen molar-refractivity contribution in [1.29, 1.82) is 0 Å². The molecule has 2 heterocycles. The quantitative estimate of drug-likeness (QED) is 0.786. The van der Waals surface area contributed by atoms with Gasteiger partial charge in [0.2, 0.25) is 0 Å². The van der Waals surface area contributed by atoms with Crippen molar-refractivity contribution in [2.24, 2.45) is 0 Å². The molecule has 3 aromatic rings. The van der Waals surface area contributed by atoms with Gasteiger partial charge in [0.15, 0.2) is 17.3 Å². The Hall–Kier alpha value is -3.02. The smallest absolute Gasteiger partial charge is 0.357 e. The minimum Gasteiger partial charge on any atom is -0.476 e. The molecule has 4 rings (SSSR count). The molecule has 0 spiro atoms. The molecule has 114 valence electrons. The van der Waals surface area contributed by atoms with Crippen LogP contribution in [-0.2, 0) is 6.42 Å². The third-order valence-corrected chi connectivity index (χ3v) is 4.08. The molecule has 1 N–H and O–H groups in total. The Labute approximate surface area is 131 Å². The van der Waals surface area contributed by atoms with E-state index in [9.17, 15) is 14.7 Å². The number of fused-ring (bicyclic) bond motifs is 2. The van der Waals surface area contributed by atoms with Gasteiger partial charge in [-0.3, -0.25) is 4.79 Å².